The molecule has 0 radical (unpaired) electrons. The summed E-state index contributed by atoms with van der Waals surface area (Å²) >= 11 is 3.17. The van der Waals surface area contributed by atoms with Gasteiger partial charge in [0.2, 0.25) is 0 Å². The predicted molar refractivity (Wildman–Crippen MR) is 81.2 cm³/mol. The number of aliphatic hydroxyl groups is 1. The van der Waals surface area contributed by atoms with Crippen LogP contribution in [0.1, 0.15) is 36.0 Å². The first-order valence-electron chi connectivity index (χ1n) is 6.91. The number of halogens is 1. The number of hydrogen-bond donors (Lipinski definition) is 1. The van der Waals surface area contributed by atoms with E-state index >= 15 is 0 Å². The monoisotopic (exact) mass is 356 g/mol. The molecule has 0 spiro atoms. The van der Waals surface area contributed by atoms with Crippen LogP contribution in [0.3, 0.4) is 0 Å². The van der Waals surface area contributed by atoms with Crippen LogP contribution in [0.5, 0.6) is 0 Å². The summed E-state index contributed by atoms with van der Waals surface area (Å²) in [6, 6.07) is 4.60. The Labute approximate surface area is 131 Å². The van der Waals surface area contributed by atoms with E-state index in [0.717, 1.165) is 19.3 Å². The third-order valence-electron chi connectivity index (χ3n) is 3.74. The van der Waals surface area contributed by atoms with Gasteiger partial charge in [-0.05, 0) is 47.7 Å². The summed E-state index contributed by atoms with van der Waals surface area (Å²) in [6.45, 7) is 0.767. The minimum absolute atomic E-state index is 0.105. The SMILES string of the molecule is O=C(c1cccc([N+](=O)[O-])c1Br)N1CCCC1CCCO. The van der Waals surface area contributed by atoms with Crippen LogP contribution in [-0.2, 0) is 0 Å². The molecule has 0 aliphatic carbocycles. The second kappa shape index (κ2) is 7.00. The molecule has 0 bridgehead atoms. The molecule has 1 aliphatic rings. The molecule has 1 saturated heterocycles. The Morgan fingerprint density at radius 1 is 1.52 bits per heavy atom. The fourth-order valence-electron chi connectivity index (χ4n) is 2.71. The Bertz CT molecular complexity index is 550. The first kappa shape index (κ1) is 15.9. The van der Waals surface area contributed by atoms with Gasteiger partial charge in [-0.2, -0.15) is 0 Å². The third kappa shape index (κ3) is 3.41. The van der Waals surface area contributed by atoms with Crippen molar-refractivity contribution < 1.29 is 14.8 Å². The number of aliphatic hydroxyl groups excluding tert-OH is 1. The average molecular weight is 357 g/mol. The van der Waals surface area contributed by atoms with Crippen molar-refractivity contribution >= 4 is 27.5 Å². The standard InChI is InChI=1S/C14H17BrN2O4/c15-13-11(6-1-7-12(13)17(20)21)14(19)16-8-2-4-10(16)5-3-9-18/h1,6-7,10,18H,2-5,8-9H2. The summed E-state index contributed by atoms with van der Waals surface area (Å²) in [4.78, 5) is 24.8. The van der Waals surface area contributed by atoms with Crippen molar-refractivity contribution in [2.45, 2.75) is 31.7 Å². The van der Waals surface area contributed by atoms with E-state index in [1.165, 1.54) is 12.1 Å². The zero-order chi connectivity index (χ0) is 15.4. The maximum atomic E-state index is 12.6. The maximum Gasteiger partial charge on any atom is 0.284 e. The number of amides is 1. The summed E-state index contributed by atoms with van der Waals surface area (Å²) in [5, 5.41) is 19.9. The van der Waals surface area contributed by atoms with Crippen LogP contribution in [0.2, 0.25) is 0 Å². The lowest BCUT2D eigenvalue weighted by molar-refractivity contribution is -0.385. The molecule has 0 aromatic heterocycles. The van der Waals surface area contributed by atoms with Gasteiger partial charge in [0.05, 0.1) is 10.5 Å². The van der Waals surface area contributed by atoms with Gasteiger partial charge in [-0.1, -0.05) is 6.07 Å². The fourth-order valence-corrected chi connectivity index (χ4v) is 3.29. The molecule has 6 nitrogen and oxygen atoms in total. The van der Waals surface area contributed by atoms with E-state index < -0.39 is 4.92 Å². The second-order valence-electron chi connectivity index (χ2n) is 5.06. The van der Waals surface area contributed by atoms with Gasteiger partial charge in [0.25, 0.3) is 11.6 Å². The largest absolute Gasteiger partial charge is 0.396 e. The summed E-state index contributed by atoms with van der Waals surface area (Å²) in [5.41, 5.74) is 0.215. The maximum absolute atomic E-state index is 12.6. The molecule has 2 rings (SSSR count). The number of carbonyl (C=O) groups is 1. The quantitative estimate of drug-likeness (QED) is 0.649. The molecule has 1 aromatic carbocycles. The highest BCUT2D eigenvalue weighted by molar-refractivity contribution is 9.10. The van der Waals surface area contributed by atoms with E-state index in [4.69, 9.17) is 5.11 Å². The number of benzene rings is 1. The molecule has 0 saturated carbocycles. The van der Waals surface area contributed by atoms with Crippen molar-refractivity contribution in [2.75, 3.05) is 13.2 Å². The molecule has 1 amide bonds. The zero-order valence-electron chi connectivity index (χ0n) is 11.5. The van der Waals surface area contributed by atoms with Gasteiger partial charge in [-0.25, -0.2) is 0 Å². The number of likely N-dealkylation sites (tertiary alicyclic amines) is 1. The minimum Gasteiger partial charge on any atom is -0.396 e. The lowest BCUT2D eigenvalue weighted by Crippen LogP contribution is -2.35. The third-order valence-corrected chi connectivity index (χ3v) is 4.57. The van der Waals surface area contributed by atoms with Gasteiger partial charge >= 0.3 is 0 Å². The Morgan fingerprint density at radius 2 is 2.29 bits per heavy atom. The Balaban J connectivity index is 2.23. The van der Waals surface area contributed by atoms with Crippen LogP contribution in [-0.4, -0.2) is 40.0 Å². The molecule has 7 heteroatoms. The summed E-state index contributed by atoms with van der Waals surface area (Å²) < 4.78 is 0.229. The number of hydrogen-bond acceptors (Lipinski definition) is 4. The van der Waals surface area contributed by atoms with Gasteiger partial charge in [-0.3, -0.25) is 14.9 Å². The number of nitro groups is 1. The predicted octanol–water partition coefficient (Wildman–Crippen LogP) is 2.73. The van der Waals surface area contributed by atoms with Gasteiger partial charge in [0, 0.05) is 25.3 Å². The van der Waals surface area contributed by atoms with Gasteiger partial charge in [0.15, 0.2) is 0 Å². The fraction of sp³-hybridized carbons (Fsp3) is 0.500. The van der Waals surface area contributed by atoms with E-state index in [-0.39, 0.29) is 28.7 Å². The second-order valence-corrected chi connectivity index (χ2v) is 5.85. The highest BCUT2D eigenvalue weighted by Gasteiger charge is 2.31. The van der Waals surface area contributed by atoms with Crippen molar-refractivity contribution in [1.82, 2.24) is 4.90 Å². The van der Waals surface area contributed by atoms with Crippen LogP contribution < -0.4 is 0 Å². The minimum atomic E-state index is -0.506. The van der Waals surface area contributed by atoms with Gasteiger partial charge < -0.3 is 10.0 Å². The molecular formula is C14H17BrN2O4. The molecule has 1 aliphatic heterocycles. The van der Waals surface area contributed by atoms with Crippen LogP contribution >= 0.6 is 15.9 Å². The summed E-state index contributed by atoms with van der Waals surface area (Å²) in [7, 11) is 0. The van der Waals surface area contributed by atoms with Gasteiger partial charge in [0.1, 0.15) is 4.47 Å². The van der Waals surface area contributed by atoms with Gasteiger partial charge in [-0.15, -0.1) is 0 Å². The topological polar surface area (TPSA) is 83.7 Å². The number of nitrogens with zero attached hydrogens (tertiary/aromatic N) is 2. The van der Waals surface area contributed by atoms with Crippen molar-refractivity contribution in [3.05, 3.63) is 38.3 Å². The van der Waals surface area contributed by atoms with E-state index in [9.17, 15) is 14.9 Å². The summed E-state index contributed by atoms with van der Waals surface area (Å²) in [6.07, 6.45) is 3.26. The Hall–Kier alpha value is -1.47. The molecule has 1 heterocycles. The zero-order valence-corrected chi connectivity index (χ0v) is 13.1. The molecule has 21 heavy (non-hydrogen) atoms. The lowest BCUT2D eigenvalue weighted by atomic mass is 10.1. The number of carbonyl (C=O) groups excluding carboxylic acids is 1. The lowest BCUT2D eigenvalue weighted by Gasteiger charge is -2.25. The molecule has 1 N–H and O–H groups in total. The number of nitro benzene ring substituents is 1. The van der Waals surface area contributed by atoms with E-state index in [1.807, 2.05) is 0 Å². The highest BCUT2D eigenvalue weighted by Crippen LogP contribution is 2.31. The van der Waals surface area contributed by atoms with Crippen molar-refractivity contribution in [1.29, 1.82) is 0 Å². The molecule has 1 aromatic rings. The van der Waals surface area contributed by atoms with Crippen LogP contribution in [0, 0.1) is 10.1 Å². The van der Waals surface area contributed by atoms with Crippen molar-refractivity contribution in [3.8, 4) is 0 Å². The van der Waals surface area contributed by atoms with Crippen molar-refractivity contribution in [2.24, 2.45) is 0 Å². The van der Waals surface area contributed by atoms with E-state index in [1.54, 1.807) is 11.0 Å². The number of rotatable bonds is 5. The molecule has 1 fully saturated rings. The van der Waals surface area contributed by atoms with E-state index in [2.05, 4.69) is 15.9 Å². The Morgan fingerprint density at radius 3 is 2.95 bits per heavy atom. The highest BCUT2D eigenvalue weighted by atomic mass is 79.9. The smallest absolute Gasteiger partial charge is 0.284 e. The molecule has 114 valence electrons. The summed E-state index contributed by atoms with van der Waals surface area (Å²) in [5.74, 6) is -0.189. The van der Waals surface area contributed by atoms with E-state index in [0.29, 0.717) is 18.5 Å². The van der Waals surface area contributed by atoms with Crippen molar-refractivity contribution in [3.63, 3.8) is 0 Å². The Kier molecular flexibility index (Phi) is 5.30. The first-order chi connectivity index (χ1) is 10.1. The molecular weight excluding hydrogens is 340 g/mol. The molecule has 1 unspecified atom stereocenters. The first-order valence-corrected chi connectivity index (χ1v) is 7.70. The molecule has 1 atom stereocenters. The van der Waals surface area contributed by atoms with Crippen LogP contribution in [0.4, 0.5) is 5.69 Å². The average Bonchev–Trinajstić information content (AvgIpc) is 2.92. The van der Waals surface area contributed by atoms with Crippen LogP contribution in [0.25, 0.3) is 0 Å². The van der Waals surface area contributed by atoms with Crippen LogP contribution in [0.15, 0.2) is 22.7 Å². The normalized spacial score (nSPS) is 18.0.